The topological polar surface area (TPSA) is 93.6 Å². The Morgan fingerprint density at radius 1 is 1.46 bits per heavy atom. The van der Waals surface area contributed by atoms with E-state index in [4.69, 9.17) is 5.41 Å². The van der Waals surface area contributed by atoms with Crippen LogP contribution in [0.15, 0.2) is 24.7 Å². The van der Waals surface area contributed by atoms with E-state index in [1.165, 1.54) is 18.8 Å². The second-order valence-electron chi connectivity index (χ2n) is 6.50. The molecule has 0 saturated carbocycles. The van der Waals surface area contributed by atoms with E-state index < -0.39 is 12.1 Å². The molecule has 1 atom stereocenters. The van der Waals surface area contributed by atoms with Gasteiger partial charge in [0.15, 0.2) is 0 Å². The predicted molar refractivity (Wildman–Crippen MR) is 109 cm³/mol. The molecule has 28 heavy (non-hydrogen) atoms. The van der Waals surface area contributed by atoms with Gasteiger partial charge in [-0.2, -0.15) is 0 Å². The number of hydrogen-bond acceptors (Lipinski definition) is 7. The maximum Gasteiger partial charge on any atom is 0.279 e. The molecule has 0 spiro atoms. The highest BCUT2D eigenvalue weighted by molar-refractivity contribution is 7.97. The van der Waals surface area contributed by atoms with Crippen LogP contribution in [0.25, 0.3) is 17.5 Å². The monoisotopic (exact) mass is 407 g/mol. The van der Waals surface area contributed by atoms with Gasteiger partial charge in [-0.1, -0.05) is 11.9 Å². The van der Waals surface area contributed by atoms with Crippen molar-refractivity contribution >= 4 is 29.6 Å². The first kappa shape index (κ1) is 20.4. The van der Waals surface area contributed by atoms with Gasteiger partial charge >= 0.3 is 0 Å². The number of anilines is 1. The van der Waals surface area contributed by atoms with Crippen molar-refractivity contribution in [2.75, 3.05) is 30.8 Å². The molecule has 1 unspecified atom stereocenters. The molecule has 10 heteroatoms. The van der Waals surface area contributed by atoms with Gasteiger partial charge in [0.25, 0.3) is 6.43 Å². The molecule has 7 nitrogen and oxygen atoms in total. The Balaban J connectivity index is 1.70. The first-order chi connectivity index (χ1) is 13.6. The zero-order chi connectivity index (χ0) is 19.9. The number of nitrogens with zero attached hydrogens (tertiary/aromatic N) is 4. The SMILES string of the molecule is CNSCC1CCCN(c2cc(-c3cnc(/C=C\C(=N)C(F)F)[nH]3)ncn2)C1. The molecular weight excluding hydrogens is 384 g/mol. The number of hydrogen-bond donors (Lipinski definition) is 3. The van der Waals surface area contributed by atoms with Crippen LogP contribution in [0.5, 0.6) is 0 Å². The quantitative estimate of drug-likeness (QED) is 0.459. The van der Waals surface area contributed by atoms with Gasteiger partial charge in [0, 0.05) is 24.9 Å². The number of allylic oxidation sites excluding steroid dienone is 1. The zero-order valence-corrected chi connectivity index (χ0v) is 16.3. The molecule has 3 rings (SSSR count). The van der Waals surface area contributed by atoms with Crippen LogP contribution in [0.2, 0.25) is 0 Å². The van der Waals surface area contributed by atoms with Crippen LogP contribution in [0, 0.1) is 11.3 Å². The summed E-state index contributed by atoms with van der Waals surface area (Å²) in [4.78, 5) is 18.2. The summed E-state index contributed by atoms with van der Waals surface area (Å²) in [6.07, 6.45) is 5.07. The van der Waals surface area contributed by atoms with E-state index >= 15 is 0 Å². The van der Waals surface area contributed by atoms with Gasteiger partial charge in [-0.15, -0.1) is 0 Å². The highest BCUT2D eigenvalue weighted by Crippen LogP contribution is 2.25. The fourth-order valence-corrected chi connectivity index (χ4v) is 3.75. The summed E-state index contributed by atoms with van der Waals surface area (Å²) in [6, 6.07) is 1.91. The highest BCUT2D eigenvalue weighted by atomic mass is 32.2. The second-order valence-corrected chi connectivity index (χ2v) is 7.53. The third kappa shape index (κ3) is 5.35. The Labute approximate surface area is 166 Å². The number of aromatic amines is 1. The Hall–Kier alpha value is -2.33. The van der Waals surface area contributed by atoms with Crippen LogP contribution in [-0.4, -0.2) is 58.0 Å². The molecule has 2 aromatic rings. The van der Waals surface area contributed by atoms with Crippen LogP contribution in [0.1, 0.15) is 18.7 Å². The second kappa shape index (κ2) is 9.74. The first-order valence-electron chi connectivity index (χ1n) is 9.02. The molecule has 150 valence electrons. The van der Waals surface area contributed by atoms with Gasteiger partial charge in [-0.05, 0) is 38.0 Å². The third-order valence-electron chi connectivity index (χ3n) is 4.49. The van der Waals surface area contributed by atoms with E-state index in [2.05, 4.69) is 29.6 Å². The molecule has 0 aliphatic carbocycles. The van der Waals surface area contributed by atoms with E-state index in [0.29, 0.717) is 23.1 Å². The summed E-state index contributed by atoms with van der Waals surface area (Å²) in [5.74, 6) is 2.94. The average molecular weight is 407 g/mol. The standard InChI is InChI=1S/C18H23F2N7S/c1-22-28-10-12-3-2-6-27(9-12)17-7-14(24-11-25-17)15-8-23-16(26-15)5-4-13(21)18(19)20/h4-5,7-8,11-12,18,21-22H,2-3,6,9-10H2,1H3,(H,23,26)/b5-4-,21-13?. The molecule has 1 saturated heterocycles. The van der Waals surface area contributed by atoms with Crippen molar-refractivity contribution in [2.45, 2.75) is 19.3 Å². The zero-order valence-electron chi connectivity index (χ0n) is 15.5. The maximum absolute atomic E-state index is 12.4. The average Bonchev–Trinajstić information content (AvgIpc) is 3.20. The van der Waals surface area contributed by atoms with Crippen LogP contribution in [0.3, 0.4) is 0 Å². The fourth-order valence-electron chi connectivity index (χ4n) is 3.07. The number of piperidine rings is 1. The van der Waals surface area contributed by atoms with Gasteiger partial charge in [-0.25, -0.2) is 23.7 Å². The lowest BCUT2D eigenvalue weighted by Gasteiger charge is -2.33. The Morgan fingerprint density at radius 3 is 3.11 bits per heavy atom. The molecule has 1 aliphatic heterocycles. The van der Waals surface area contributed by atoms with Crippen molar-refractivity contribution in [3.8, 4) is 11.4 Å². The lowest BCUT2D eigenvalue weighted by molar-refractivity contribution is 0.226. The number of rotatable bonds is 8. The van der Waals surface area contributed by atoms with Gasteiger partial charge in [0.2, 0.25) is 0 Å². The Kier molecular flexibility index (Phi) is 7.10. The van der Waals surface area contributed by atoms with Crippen molar-refractivity contribution in [3.63, 3.8) is 0 Å². The molecular formula is C18H23F2N7S. The summed E-state index contributed by atoms with van der Waals surface area (Å²) in [5.41, 5.74) is 0.609. The lowest BCUT2D eigenvalue weighted by atomic mass is 10.00. The highest BCUT2D eigenvalue weighted by Gasteiger charge is 2.21. The molecule has 2 aromatic heterocycles. The van der Waals surface area contributed by atoms with Gasteiger partial charge in [0.05, 0.1) is 23.3 Å². The number of H-pyrrole nitrogens is 1. The van der Waals surface area contributed by atoms with Crippen LogP contribution in [-0.2, 0) is 0 Å². The molecule has 0 aromatic carbocycles. The minimum atomic E-state index is -2.80. The molecule has 0 radical (unpaired) electrons. The molecule has 1 aliphatic rings. The summed E-state index contributed by atoms with van der Waals surface area (Å²) >= 11 is 1.73. The number of imidazole rings is 1. The molecule has 0 amide bonds. The van der Waals surface area contributed by atoms with Crippen molar-refractivity contribution in [1.29, 1.82) is 5.41 Å². The molecule has 0 bridgehead atoms. The van der Waals surface area contributed by atoms with E-state index in [9.17, 15) is 8.78 Å². The molecule has 1 fully saturated rings. The number of aromatic nitrogens is 4. The number of halogens is 2. The minimum Gasteiger partial charge on any atom is -0.356 e. The molecule has 3 heterocycles. The van der Waals surface area contributed by atoms with Crippen molar-refractivity contribution in [3.05, 3.63) is 30.5 Å². The summed E-state index contributed by atoms with van der Waals surface area (Å²) in [7, 11) is 1.94. The smallest absolute Gasteiger partial charge is 0.279 e. The van der Waals surface area contributed by atoms with Crippen molar-refractivity contribution in [2.24, 2.45) is 5.92 Å². The van der Waals surface area contributed by atoms with E-state index in [0.717, 1.165) is 37.2 Å². The van der Waals surface area contributed by atoms with Gasteiger partial charge in [-0.3, -0.25) is 10.1 Å². The Morgan fingerprint density at radius 2 is 2.32 bits per heavy atom. The summed E-state index contributed by atoms with van der Waals surface area (Å²) in [5, 5.41) is 7.15. The van der Waals surface area contributed by atoms with E-state index in [1.807, 2.05) is 13.1 Å². The van der Waals surface area contributed by atoms with Crippen LogP contribution in [0.4, 0.5) is 14.6 Å². The maximum atomic E-state index is 12.4. The van der Waals surface area contributed by atoms with Crippen molar-refractivity contribution in [1.82, 2.24) is 24.7 Å². The fraction of sp³-hybridized carbons (Fsp3) is 0.444. The Bertz CT molecular complexity index is 824. The van der Waals surface area contributed by atoms with Crippen LogP contribution >= 0.6 is 11.9 Å². The van der Waals surface area contributed by atoms with Crippen LogP contribution < -0.4 is 9.62 Å². The number of alkyl halides is 2. The molecule has 3 N–H and O–H groups in total. The van der Waals surface area contributed by atoms with Crippen molar-refractivity contribution < 1.29 is 8.78 Å². The van der Waals surface area contributed by atoms with E-state index in [-0.39, 0.29) is 0 Å². The van der Waals surface area contributed by atoms with E-state index in [1.54, 1.807) is 18.1 Å². The minimum absolute atomic E-state index is 0.391. The lowest BCUT2D eigenvalue weighted by Crippen LogP contribution is -2.37. The van der Waals surface area contributed by atoms with Gasteiger partial charge in [0.1, 0.15) is 18.0 Å². The summed E-state index contributed by atoms with van der Waals surface area (Å²) < 4.78 is 27.9. The predicted octanol–water partition coefficient (Wildman–Crippen LogP) is 3.25. The third-order valence-corrected chi connectivity index (χ3v) is 5.41. The number of nitrogens with one attached hydrogen (secondary N) is 3. The largest absolute Gasteiger partial charge is 0.356 e. The first-order valence-corrected chi connectivity index (χ1v) is 10.0. The summed E-state index contributed by atoms with van der Waals surface area (Å²) in [6.45, 7) is 1.92. The van der Waals surface area contributed by atoms with Gasteiger partial charge < -0.3 is 9.88 Å². The normalized spacial score (nSPS) is 17.6.